The number of anilines is 2. The van der Waals surface area contributed by atoms with Crippen LogP contribution in [0.5, 0.6) is 0 Å². The first-order valence-electron chi connectivity index (χ1n) is 7.15. The number of hydrazone groups is 1. The second-order valence-electron chi connectivity index (χ2n) is 5.47. The van der Waals surface area contributed by atoms with Crippen LogP contribution in [0.15, 0.2) is 35.2 Å². The molecule has 22 heavy (non-hydrogen) atoms. The molecule has 0 radical (unpaired) electrons. The van der Waals surface area contributed by atoms with Gasteiger partial charge in [0, 0.05) is 25.6 Å². The highest BCUT2D eigenvalue weighted by atomic mass is 15.5. The molecule has 0 aromatic carbocycles. The molecule has 1 aromatic rings. The lowest BCUT2D eigenvalue weighted by molar-refractivity contribution is -0.111. The van der Waals surface area contributed by atoms with Gasteiger partial charge >= 0.3 is 0 Å². The van der Waals surface area contributed by atoms with Crippen molar-refractivity contribution >= 4 is 23.1 Å². The first-order valence-corrected chi connectivity index (χ1v) is 7.15. The van der Waals surface area contributed by atoms with Crippen molar-refractivity contribution in [2.45, 2.75) is 13.0 Å². The molecule has 2 unspecified atom stereocenters. The Labute approximate surface area is 129 Å². The lowest BCUT2D eigenvalue weighted by Gasteiger charge is -2.19. The van der Waals surface area contributed by atoms with Gasteiger partial charge in [0.1, 0.15) is 23.5 Å². The molecular formula is C15H20N7+. The number of nitrogens with zero attached hydrogens (tertiary/aromatic N) is 4. The van der Waals surface area contributed by atoms with Gasteiger partial charge in [0.25, 0.3) is 0 Å². The first-order chi connectivity index (χ1) is 10.5. The smallest absolute Gasteiger partial charge is 0.218 e. The number of nitrogen functional groups attached to an aromatic ring is 1. The minimum absolute atomic E-state index is 0.301. The van der Waals surface area contributed by atoms with Gasteiger partial charge in [-0.05, 0) is 13.0 Å². The molecule has 0 bridgehead atoms. The molecule has 0 saturated heterocycles. The van der Waals surface area contributed by atoms with Gasteiger partial charge in [-0.15, -0.1) is 0 Å². The summed E-state index contributed by atoms with van der Waals surface area (Å²) in [6.45, 7) is 2.15. The van der Waals surface area contributed by atoms with Gasteiger partial charge in [0.15, 0.2) is 0 Å². The number of hydrogen-bond donors (Lipinski definition) is 3. The third kappa shape index (κ3) is 2.14. The average Bonchev–Trinajstić information content (AvgIpc) is 2.80. The van der Waals surface area contributed by atoms with Crippen LogP contribution in [0.4, 0.5) is 11.6 Å². The molecule has 0 saturated carbocycles. The normalized spacial score (nSPS) is 23.0. The number of nitrogens with one attached hydrogen (secondary N) is 1. The van der Waals surface area contributed by atoms with Crippen LogP contribution >= 0.6 is 0 Å². The summed E-state index contributed by atoms with van der Waals surface area (Å²) in [6, 6.07) is 0.350. The third-order valence-electron chi connectivity index (χ3n) is 4.20. The molecule has 7 nitrogen and oxygen atoms in total. The van der Waals surface area contributed by atoms with Crippen molar-refractivity contribution in [3.8, 4) is 0 Å². The largest absolute Gasteiger partial charge is 0.383 e. The quantitative estimate of drug-likeness (QED) is 0.650. The Kier molecular flexibility index (Phi) is 3.40. The topological polar surface area (TPSA) is 105 Å². The molecule has 114 valence electrons. The zero-order valence-corrected chi connectivity index (χ0v) is 12.9. The van der Waals surface area contributed by atoms with Crippen molar-refractivity contribution in [2.24, 2.45) is 11.0 Å². The van der Waals surface area contributed by atoms with E-state index in [2.05, 4.69) is 33.4 Å². The number of rotatable bonds is 3. The van der Waals surface area contributed by atoms with Crippen molar-refractivity contribution < 1.29 is 5.41 Å². The molecule has 0 amide bonds. The van der Waals surface area contributed by atoms with Crippen LogP contribution in [0.2, 0.25) is 0 Å². The summed E-state index contributed by atoms with van der Waals surface area (Å²) in [5.74, 6) is 1.27. The van der Waals surface area contributed by atoms with E-state index in [4.69, 9.17) is 11.1 Å². The van der Waals surface area contributed by atoms with Crippen molar-refractivity contribution in [1.29, 1.82) is 0 Å². The van der Waals surface area contributed by atoms with Gasteiger partial charge < -0.3 is 11.1 Å². The van der Waals surface area contributed by atoms with Gasteiger partial charge in [0.05, 0.1) is 11.8 Å². The van der Waals surface area contributed by atoms with E-state index in [-0.39, 0.29) is 0 Å². The summed E-state index contributed by atoms with van der Waals surface area (Å²) in [4.78, 5) is 8.20. The number of aromatic nitrogens is 2. The van der Waals surface area contributed by atoms with E-state index in [1.807, 2.05) is 24.2 Å². The maximum absolute atomic E-state index is 6.33. The van der Waals surface area contributed by atoms with E-state index < -0.39 is 0 Å². The van der Waals surface area contributed by atoms with Crippen LogP contribution in [-0.2, 0) is 0 Å². The van der Waals surface area contributed by atoms with Crippen LogP contribution in [0.3, 0.4) is 0 Å². The zero-order chi connectivity index (χ0) is 15.9. The van der Waals surface area contributed by atoms with Crippen LogP contribution < -0.4 is 16.5 Å². The molecule has 2 atom stereocenters. The summed E-state index contributed by atoms with van der Waals surface area (Å²) < 4.78 is 0. The fraction of sp³-hybridized carbons (Fsp3) is 0.333. The molecule has 7 heteroatoms. The zero-order valence-electron chi connectivity index (χ0n) is 12.9. The van der Waals surface area contributed by atoms with Crippen molar-refractivity contribution in [1.82, 2.24) is 15.0 Å². The van der Waals surface area contributed by atoms with Gasteiger partial charge in [-0.2, -0.15) is 5.10 Å². The summed E-state index contributed by atoms with van der Waals surface area (Å²) in [7, 11) is 3.75. The van der Waals surface area contributed by atoms with E-state index in [0.29, 0.717) is 34.9 Å². The van der Waals surface area contributed by atoms with Crippen LogP contribution in [0.1, 0.15) is 12.5 Å². The van der Waals surface area contributed by atoms with Crippen molar-refractivity contribution in [3.63, 3.8) is 0 Å². The van der Waals surface area contributed by atoms with Gasteiger partial charge in [-0.25, -0.2) is 9.97 Å². The molecule has 0 spiro atoms. The Hall–Kier alpha value is -2.70. The van der Waals surface area contributed by atoms with Gasteiger partial charge in [0.2, 0.25) is 5.71 Å². The lowest BCUT2D eigenvalue weighted by atomic mass is 9.88. The Morgan fingerprint density at radius 3 is 2.91 bits per heavy atom. The standard InChI is InChI=1S/C15H19N7/c1-8-10-5-4-9(6-11(10)21-22(8)3)13(16)12-14(17)19-7-20-15(12)18-2/h4-8,10,16H,1-3H3,(H3,17,18,19,20)/p+1. The third-order valence-corrected chi connectivity index (χ3v) is 4.20. The maximum atomic E-state index is 6.33. The van der Waals surface area contributed by atoms with E-state index >= 15 is 0 Å². The molecule has 1 aliphatic carbocycles. The molecule has 2 aliphatic rings. The fourth-order valence-corrected chi connectivity index (χ4v) is 2.78. The number of allylic oxidation sites excluding steroid dienone is 3. The highest BCUT2D eigenvalue weighted by molar-refractivity contribution is 6.19. The molecule has 0 fully saturated rings. The van der Waals surface area contributed by atoms with Gasteiger partial charge in [-0.1, -0.05) is 12.2 Å². The molecule has 5 N–H and O–H groups in total. The van der Waals surface area contributed by atoms with Crippen molar-refractivity contribution in [3.05, 3.63) is 35.7 Å². The Morgan fingerprint density at radius 2 is 2.18 bits per heavy atom. The summed E-state index contributed by atoms with van der Waals surface area (Å²) in [5.41, 5.74) is 9.02. The Balaban J connectivity index is 1.98. The van der Waals surface area contributed by atoms with Crippen LogP contribution in [-0.4, -0.2) is 46.5 Å². The molecular weight excluding hydrogens is 278 g/mol. The second-order valence-corrected chi connectivity index (χ2v) is 5.47. The molecule has 1 aromatic heterocycles. The van der Waals surface area contributed by atoms with E-state index in [1.54, 1.807) is 7.05 Å². The number of fused-ring (bicyclic) bond motifs is 1. The predicted octanol–water partition coefficient (Wildman–Crippen LogP) is -0.549. The van der Waals surface area contributed by atoms with E-state index in [0.717, 1.165) is 11.3 Å². The predicted molar refractivity (Wildman–Crippen MR) is 87.4 cm³/mol. The highest BCUT2D eigenvalue weighted by Crippen LogP contribution is 2.28. The summed E-state index contributed by atoms with van der Waals surface area (Å²) in [5, 5.41) is 15.9. The van der Waals surface area contributed by atoms with E-state index in [1.165, 1.54) is 6.33 Å². The van der Waals surface area contributed by atoms with E-state index in [9.17, 15) is 0 Å². The molecule has 1 aliphatic heterocycles. The highest BCUT2D eigenvalue weighted by Gasteiger charge is 2.33. The lowest BCUT2D eigenvalue weighted by Crippen LogP contribution is -2.43. The first kappa shape index (κ1) is 14.2. The number of hydrogen-bond acceptors (Lipinski definition) is 6. The van der Waals surface area contributed by atoms with Gasteiger partial charge in [-0.3, -0.25) is 10.4 Å². The Bertz CT molecular complexity index is 717. The van der Waals surface area contributed by atoms with Crippen LogP contribution in [0.25, 0.3) is 0 Å². The second kappa shape index (κ2) is 5.25. The average molecular weight is 298 g/mol. The summed E-state index contributed by atoms with van der Waals surface area (Å²) >= 11 is 0. The van der Waals surface area contributed by atoms with Crippen molar-refractivity contribution in [2.75, 3.05) is 25.1 Å². The van der Waals surface area contributed by atoms with Crippen LogP contribution in [0, 0.1) is 5.92 Å². The minimum Gasteiger partial charge on any atom is -0.383 e. The SMILES string of the molecule is CNc1ncnc(N)c1C(=[NH2+])C1=CC2=NN(C)C(C)C2C=C1. The fourth-order valence-electron chi connectivity index (χ4n) is 2.78. The summed E-state index contributed by atoms with van der Waals surface area (Å²) in [6.07, 6.45) is 7.57. The minimum atomic E-state index is 0.301. The Morgan fingerprint density at radius 1 is 1.41 bits per heavy atom. The molecule has 3 rings (SSSR count). The number of nitrogens with two attached hydrogens (primary N) is 2. The monoisotopic (exact) mass is 298 g/mol. The molecule has 2 heterocycles. The maximum Gasteiger partial charge on any atom is 0.218 e.